The summed E-state index contributed by atoms with van der Waals surface area (Å²) in [6, 6.07) is 6.55. The number of carbonyl (C=O) groups excluding carboxylic acids is 1. The Labute approximate surface area is 132 Å². The zero-order valence-electron chi connectivity index (χ0n) is 13.1. The normalized spacial score (nSPS) is 13.0. The second kappa shape index (κ2) is 6.44. The molecule has 0 bridgehead atoms. The van der Waals surface area contributed by atoms with Gasteiger partial charge in [-0.05, 0) is 38.0 Å². The van der Waals surface area contributed by atoms with Crippen molar-refractivity contribution < 1.29 is 18.0 Å². The first-order valence-corrected chi connectivity index (χ1v) is 7.14. The molecule has 7 heteroatoms. The number of aromatic nitrogens is 2. The summed E-state index contributed by atoms with van der Waals surface area (Å²) in [6.07, 6.45) is -3.36. The molecule has 0 fully saturated rings. The fourth-order valence-corrected chi connectivity index (χ4v) is 2.34. The lowest BCUT2D eigenvalue weighted by atomic mass is 10.00. The van der Waals surface area contributed by atoms with E-state index in [1.807, 2.05) is 39.0 Å². The van der Waals surface area contributed by atoms with E-state index < -0.39 is 17.8 Å². The Morgan fingerprint density at radius 3 is 2.61 bits per heavy atom. The van der Waals surface area contributed by atoms with Gasteiger partial charge in [0, 0.05) is 6.20 Å². The van der Waals surface area contributed by atoms with Gasteiger partial charge in [-0.3, -0.25) is 9.48 Å². The minimum absolute atomic E-state index is 0.236. The fraction of sp³-hybridized carbons (Fsp3) is 0.375. The van der Waals surface area contributed by atoms with E-state index in [1.165, 1.54) is 0 Å². The number of aryl methyl sites for hydroxylation is 2. The number of hydrogen-bond donors (Lipinski definition) is 1. The Balaban J connectivity index is 2.02. The van der Waals surface area contributed by atoms with Gasteiger partial charge < -0.3 is 5.32 Å². The van der Waals surface area contributed by atoms with E-state index in [9.17, 15) is 18.0 Å². The molecule has 2 rings (SSSR count). The molecule has 1 atom stereocenters. The van der Waals surface area contributed by atoms with E-state index in [0.29, 0.717) is 0 Å². The first-order valence-electron chi connectivity index (χ1n) is 7.14. The Bertz CT molecular complexity index is 707. The van der Waals surface area contributed by atoms with Crippen LogP contribution in [0.5, 0.6) is 0 Å². The first-order chi connectivity index (χ1) is 10.7. The minimum atomic E-state index is -4.51. The van der Waals surface area contributed by atoms with Gasteiger partial charge in [0.25, 0.3) is 0 Å². The van der Waals surface area contributed by atoms with Crippen molar-refractivity contribution in [3.05, 3.63) is 52.8 Å². The molecule has 1 unspecified atom stereocenters. The van der Waals surface area contributed by atoms with Gasteiger partial charge in [0.15, 0.2) is 5.69 Å². The van der Waals surface area contributed by atoms with Gasteiger partial charge in [-0.25, -0.2) is 0 Å². The third-order valence-corrected chi connectivity index (χ3v) is 3.52. The summed E-state index contributed by atoms with van der Waals surface area (Å²) in [5, 5.41) is 6.14. The first kappa shape index (κ1) is 17.1. The third-order valence-electron chi connectivity index (χ3n) is 3.52. The summed E-state index contributed by atoms with van der Waals surface area (Å²) in [5.41, 5.74) is 2.10. The quantitative estimate of drug-likeness (QED) is 0.936. The van der Waals surface area contributed by atoms with Crippen LogP contribution in [0.15, 0.2) is 30.5 Å². The van der Waals surface area contributed by atoms with Gasteiger partial charge in [-0.2, -0.15) is 18.3 Å². The SMILES string of the molecule is Cc1ccc(C)c(C(C)NC(=O)Cn2ccc(C(F)(F)F)n2)c1. The van der Waals surface area contributed by atoms with Crippen molar-refractivity contribution in [1.82, 2.24) is 15.1 Å². The third kappa shape index (κ3) is 4.34. The number of halogens is 3. The molecule has 0 aliphatic carbocycles. The molecule has 4 nitrogen and oxygen atoms in total. The fourth-order valence-electron chi connectivity index (χ4n) is 2.34. The molecule has 124 valence electrons. The van der Waals surface area contributed by atoms with E-state index >= 15 is 0 Å². The summed E-state index contributed by atoms with van der Waals surface area (Å²) in [6.45, 7) is 5.48. The zero-order valence-corrected chi connectivity index (χ0v) is 13.1. The molecular weight excluding hydrogens is 307 g/mol. The van der Waals surface area contributed by atoms with Crippen LogP contribution in [0.25, 0.3) is 0 Å². The van der Waals surface area contributed by atoms with Crippen LogP contribution in [0.2, 0.25) is 0 Å². The molecule has 1 N–H and O–H groups in total. The Hall–Kier alpha value is -2.31. The largest absolute Gasteiger partial charge is 0.435 e. The summed E-state index contributed by atoms with van der Waals surface area (Å²) in [7, 11) is 0. The molecule has 1 amide bonds. The van der Waals surface area contributed by atoms with Gasteiger partial charge in [0.2, 0.25) is 5.91 Å². The highest BCUT2D eigenvalue weighted by atomic mass is 19.4. The molecule has 1 aromatic carbocycles. The van der Waals surface area contributed by atoms with Crippen LogP contribution in [0.1, 0.15) is 35.3 Å². The zero-order chi connectivity index (χ0) is 17.2. The second-order valence-electron chi connectivity index (χ2n) is 5.55. The van der Waals surface area contributed by atoms with Crippen molar-refractivity contribution in [2.45, 2.75) is 39.5 Å². The molecule has 2 aromatic rings. The number of rotatable bonds is 4. The molecule has 0 radical (unpaired) electrons. The van der Waals surface area contributed by atoms with Crippen molar-refractivity contribution in [3.8, 4) is 0 Å². The molecule has 0 saturated carbocycles. The monoisotopic (exact) mass is 325 g/mol. The smallest absolute Gasteiger partial charge is 0.348 e. The minimum Gasteiger partial charge on any atom is -0.348 e. The van der Waals surface area contributed by atoms with E-state index in [1.54, 1.807) is 0 Å². The number of benzene rings is 1. The van der Waals surface area contributed by atoms with E-state index in [-0.39, 0.29) is 12.6 Å². The van der Waals surface area contributed by atoms with Gasteiger partial charge in [-0.15, -0.1) is 0 Å². The molecule has 0 spiro atoms. The Kier molecular flexibility index (Phi) is 4.77. The molecule has 0 saturated heterocycles. The van der Waals surface area contributed by atoms with Gasteiger partial charge >= 0.3 is 6.18 Å². The van der Waals surface area contributed by atoms with Crippen molar-refractivity contribution >= 4 is 5.91 Å². The molecule has 23 heavy (non-hydrogen) atoms. The standard InChI is InChI=1S/C16H18F3N3O/c1-10-4-5-11(2)13(8-10)12(3)20-15(23)9-22-7-6-14(21-22)16(17,18)19/h4-8,12H,9H2,1-3H3,(H,20,23). The average molecular weight is 325 g/mol. The van der Waals surface area contributed by atoms with Crippen molar-refractivity contribution in [3.63, 3.8) is 0 Å². The maximum atomic E-state index is 12.5. The number of alkyl halides is 3. The Morgan fingerprint density at radius 1 is 1.30 bits per heavy atom. The predicted octanol–water partition coefficient (Wildman–Crippen LogP) is 3.40. The van der Waals surface area contributed by atoms with Crippen molar-refractivity contribution in [2.75, 3.05) is 0 Å². The maximum absolute atomic E-state index is 12.5. The van der Waals surface area contributed by atoms with Crippen LogP contribution in [-0.4, -0.2) is 15.7 Å². The maximum Gasteiger partial charge on any atom is 0.435 e. The highest BCUT2D eigenvalue weighted by molar-refractivity contribution is 5.76. The van der Waals surface area contributed by atoms with Crippen LogP contribution < -0.4 is 5.32 Å². The summed E-state index contributed by atoms with van der Waals surface area (Å²) < 4.78 is 38.4. The molecule has 1 aromatic heterocycles. The lowest BCUT2D eigenvalue weighted by molar-refractivity contribution is -0.141. The number of hydrogen-bond acceptors (Lipinski definition) is 2. The number of nitrogens with zero attached hydrogens (tertiary/aromatic N) is 2. The van der Waals surface area contributed by atoms with Crippen LogP contribution >= 0.6 is 0 Å². The summed E-state index contributed by atoms with van der Waals surface area (Å²) >= 11 is 0. The summed E-state index contributed by atoms with van der Waals surface area (Å²) in [4.78, 5) is 12.0. The van der Waals surface area contributed by atoms with Crippen LogP contribution in [-0.2, 0) is 17.5 Å². The van der Waals surface area contributed by atoms with Gasteiger partial charge in [0.1, 0.15) is 6.54 Å². The van der Waals surface area contributed by atoms with E-state index in [2.05, 4.69) is 10.4 Å². The van der Waals surface area contributed by atoms with E-state index in [0.717, 1.165) is 33.6 Å². The van der Waals surface area contributed by atoms with Crippen LogP contribution in [0.4, 0.5) is 13.2 Å². The molecule has 0 aliphatic heterocycles. The average Bonchev–Trinajstić information content (AvgIpc) is 2.89. The van der Waals surface area contributed by atoms with E-state index in [4.69, 9.17) is 0 Å². The highest BCUT2D eigenvalue weighted by Crippen LogP contribution is 2.27. The number of carbonyl (C=O) groups is 1. The lowest BCUT2D eigenvalue weighted by Crippen LogP contribution is -2.30. The summed E-state index contributed by atoms with van der Waals surface area (Å²) in [5.74, 6) is -0.393. The molecule has 1 heterocycles. The van der Waals surface area contributed by atoms with Crippen molar-refractivity contribution in [2.24, 2.45) is 0 Å². The Morgan fingerprint density at radius 2 is 2.00 bits per heavy atom. The lowest BCUT2D eigenvalue weighted by Gasteiger charge is -2.17. The van der Waals surface area contributed by atoms with Crippen LogP contribution in [0, 0.1) is 13.8 Å². The predicted molar refractivity (Wildman–Crippen MR) is 79.7 cm³/mol. The van der Waals surface area contributed by atoms with Gasteiger partial charge in [-0.1, -0.05) is 23.8 Å². The van der Waals surface area contributed by atoms with Crippen LogP contribution in [0.3, 0.4) is 0 Å². The van der Waals surface area contributed by atoms with Gasteiger partial charge in [0.05, 0.1) is 6.04 Å². The molecular formula is C16H18F3N3O. The molecule has 0 aliphatic rings. The number of nitrogens with one attached hydrogen (secondary N) is 1. The number of amides is 1. The van der Waals surface area contributed by atoms with Crippen molar-refractivity contribution in [1.29, 1.82) is 0 Å². The highest BCUT2D eigenvalue weighted by Gasteiger charge is 2.33. The topological polar surface area (TPSA) is 46.9 Å². The second-order valence-corrected chi connectivity index (χ2v) is 5.55.